The highest BCUT2D eigenvalue weighted by molar-refractivity contribution is 6.06. The lowest BCUT2D eigenvalue weighted by Gasteiger charge is -2.29. The predicted octanol–water partition coefficient (Wildman–Crippen LogP) is 1.38. The lowest BCUT2D eigenvalue weighted by atomic mass is 10.0. The first-order valence-electron chi connectivity index (χ1n) is 11.9. The van der Waals surface area contributed by atoms with E-state index in [1.54, 1.807) is 18.2 Å². The van der Waals surface area contributed by atoms with Gasteiger partial charge in [-0.15, -0.1) is 0 Å². The Kier molecular flexibility index (Phi) is 9.45. The molecule has 2 heterocycles. The summed E-state index contributed by atoms with van der Waals surface area (Å²) < 4.78 is 10.3. The number of fused-ring (bicyclic) bond motifs is 1. The number of nitrogens with two attached hydrogens (primary N) is 1. The summed E-state index contributed by atoms with van der Waals surface area (Å²) in [5, 5.41) is 5.09. The Morgan fingerprint density at radius 2 is 1.83 bits per heavy atom. The van der Waals surface area contributed by atoms with Crippen molar-refractivity contribution in [2.24, 2.45) is 5.73 Å². The van der Waals surface area contributed by atoms with Crippen molar-refractivity contribution < 1.29 is 33.4 Å². The average Bonchev–Trinajstić information content (AvgIpc) is 3.15. The number of rotatable bonds is 13. The van der Waals surface area contributed by atoms with E-state index < -0.39 is 18.0 Å². The SMILES string of the molecule is NC(=O)OCCCCCCCCNC(=O)COc1cccc2c1C(=O)N(C1CCC(=O)NC1=O)C2. The van der Waals surface area contributed by atoms with Gasteiger partial charge in [0.05, 0.1) is 12.2 Å². The van der Waals surface area contributed by atoms with Gasteiger partial charge in [-0.05, 0) is 30.9 Å². The lowest BCUT2D eigenvalue weighted by molar-refractivity contribution is -0.137. The largest absolute Gasteiger partial charge is 0.483 e. The molecular weight excluding hydrogens is 456 g/mol. The summed E-state index contributed by atoms with van der Waals surface area (Å²) in [4.78, 5) is 60.7. The van der Waals surface area contributed by atoms with Gasteiger partial charge >= 0.3 is 6.09 Å². The van der Waals surface area contributed by atoms with E-state index in [4.69, 9.17) is 10.5 Å². The molecule has 0 aromatic heterocycles. The standard InChI is InChI=1S/C24H32N4O7/c25-24(33)34-13-6-4-2-1-3-5-12-26-20(30)15-35-18-9-7-8-16-14-28(23(32)21(16)18)17-10-11-19(29)27-22(17)31/h7-9,17H,1-6,10-15H2,(H2,25,33)(H,26,30)(H,27,29,31). The van der Waals surface area contributed by atoms with Crippen LogP contribution in [0.25, 0.3) is 0 Å². The van der Waals surface area contributed by atoms with Crippen LogP contribution in [0.1, 0.15) is 67.3 Å². The fourth-order valence-corrected chi connectivity index (χ4v) is 4.23. The first kappa shape index (κ1) is 26.0. The number of carbonyl (C=O) groups excluding carboxylic acids is 5. The summed E-state index contributed by atoms with van der Waals surface area (Å²) in [6, 6.07) is 4.46. The summed E-state index contributed by atoms with van der Waals surface area (Å²) in [5.41, 5.74) is 5.97. The molecule has 2 aliphatic rings. The minimum atomic E-state index is -0.748. The summed E-state index contributed by atoms with van der Waals surface area (Å²) in [5.74, 6) is -1.12. The minimum Gasteiger partial charge on any atom is -0.483 e. The Morgan fingerprint density at radius 1 is 1.09 bits per heavy atom. The number of piperidine rings is 1. The van der Waals surface area contributed by atoms with Crippen molar-refractivity contribution in [2.45, 2.75) is 64.0 Å². The van der Waals surface area contributed by atoms with E-state index in [0.29, 0.717) is 24.5 Å². The van der Waals surface area contributed by atoms with E-state index >= 15 is 0 Å². The Balaban J connectivity index is 1.36. The molecule has 1 aromatic rings. The van der Waals surface area contributed by atoms with Gasteiger partial charge in [-0.2, -0.15) is 0 Å². The van der Waals surface area contributed by atoms with Crippen LogP contribution in [-0.4, -0.2) is 60.4 Å². The molecule has 0 saturated carbocycles. The molecule has 1 saturated heterocycles. The van der Waals surface area contributed by atoms with Gasteiger partial charge < -0.3 is 25.4 Å². The molecule has 4 N–H and O–H groups in total. The monoisotopic (exact) mass is 488 g/mol. The zero-order valence-electron chi connectivity index (χ0n) is 19.7. The van der Waals surface area contributed by atoms with Gasteiger partial charge in [-0.1, -0.05) is 37.8 Å². The van der Waals surface area contributed by atoms with E-state index in [2.05, 4.69) is 15.4 Å². The van der Waals surface area contributed by atoms with Crippen molar-refractivity contribution in [3.63, 3.8) is 0 Å². The number of hydrogen-bond donors (Lipinski definition) is 3. The van der Waals surface area contributed by atoms with Crippen molar-refractivity contribution in [3.8, 4) is 5.75 Å². The van der Waals surface area contributed by atoms with E-state index in [1.165, 1.54) is 4.90 Å². The highest BCUT2D eigenvalue weighted by Gasteiger charge is 2.40. The summed E-state index contributed by atoms with van der Waals surface area (Å²) in [6.45, 7) is 0.905. The van der Waals surface area contributed by atoms with E-state index in [1.807, 2.05) is 0 Å². The highest BCUT2D eigenvalue weighted by Crippen LogP contribution is 2.33. The molecule has 1 fully saturated rings. The number of primary amides is 1. The first-order chi connectivity index (χ1) is 16.9. The van der Waals surface area contributed by atoms with Crippen LogP contribution in [0.5, 0.6) is 5.75 Å². The number of hydrogen-bond acceptors (Lipinski definition) is 7. The second-order valence-corrected chi connectivity index (χ2v) is 8.62. The van der Waals surface area contributed by atoms with Crippen LogP contribution in [-0.2, 0) is 25.7 Å². The number of benzene rings is 1. The third-order valence-electron chi connectivity index (χ3n) is 6.01. The van der Waals surface area contributed by atoms with Crippen LogP contribution in [0.2, 0.25) is 0 Å². The Morgan fingerprint density at radius 3 is 2.57 bits per heavy atom. The van der Waals surface area contributed by atoms with Gasteiger partial charge in [0.25, 0.3) is 11.8 Å². The molecule has 5 amide bonds. The summed E-state index contributed by atoms with van der Waals surface area (Å²) in [6.07, 6.45) is 5.30. The lowest BCUT2D eigenvalue weighted by Crippen LogP contribution is -2.52. The zero-order valence-corrected chi connectivity index (χ0v) is 19.7. The number of carbonyl (C=O) groups is 5. The predicted molar refractivity (Wildman–Crippen MR) is 124 cm³/mol. The normalized spacial score (nSPS) is 17.1. The fourth-order valence-electron chi connectivity index (χ4n) is 4.23. The second-order valence-electron chi connectivity index (χ2n) is 8.62. The molecule has 11 nitrogen and oxygen atoms in total. The Hall–Kier alpha value is -3.63. The molecule has 0 spiro atoms. The molecule has 2 aliphatic heterocycles. The summed E-state index contributed by atoms with van der Waals surface area (Å²) in [7, 11) is 0. The smallest absolute Gasteiger partial charge is 0.404 e. The van der Waals surface area contributed by atoms with Gasteiger partial charge in [-0.25, -0.2) is 4.79 Å². The fraction of sp³-hybridized carbons (Fsp3) is 0.542. The number of imide groups is 1. The van der Waals surface area contributed by atoms with Crippen molar-refractivity contribution in [1.82, 2.24) is 15.5 Å². The Bertz CT molecular complexity index is 965. The molecule has 3 rings (SSSR count). The topological polar surface area (TPSA) is 157 Å². The molecule has 190 valence electrons. The Labute approximate surface area is 203 Å². The third kappa shape index (κ3) is 7.43. The highest BCUT2D eigenvalue weighted by atomic mass is 16.5. The quantitative estimate of drug-likeness (QED) is 0.280. The minimum absolute atomic E-state index is 0.186. The second kappa shape index (κ2) is 12.7. The maximum Gasteiger partial charge on any atom is 0.404 e. The van der Waals surface area contributed by atoms with Crippen LogP contribution in [0.15, 0.2) is 18.2 Å². The molecule has 0 aliphatic carbocycles. The molecule has 1 unspecified atom stereocenters. The van der Waals surface area contributed by atoms with E-state index in [0.717, 1.165) is 44.1 Å². The maximum atomic E-state index is 13.0. The van der Waals surface area contributed by atoms with E-state index in [9.17, 15) is 24.0 Å². The van der Waals surface area contributed by atoms with E-state index in [-0.39, 0.29) is 43.7 Å². The van der Waals surface area contributed by atoms with Gasteiger partial charge in [0.15, 0.2) is 6.61 Å². The van der Waals surface area contributed by atoms with Gasteiger partial charge in [0.1, 0.15) is 11.8 Å². The number of amides is 5. The van der Waals surface area contributed by atoms with Crippen LogP contribution >= 0.6 is 0 Å². The zero-order chi connectivity index (χ0) is 25.2. The maximum absolute atomic E-state index is 13.0. The number of ether oxygens (including phenoxy) is 2. The van der Waals surface area contributed by atoms with Crippen molar-refractivity contribution in [3.05, 3.63) is 29.3 Å². The van der Waals surface area contributed by atoms with Gasteiger partial charge in [0, 0.05) is 19.5 Å². The number of nitrogens with one attached hydrogen (secondary N) is 2. The first-order valence-corrected chi connectivity index (χ1v) is 11.9. The molecule has 1 aromatic carbocycles. The van der Waals surface area contributed by atoms with Crippen LogP contribution in [0, 0.1) is 0 Å². The van der Waals surface area contributed by atoms with Gasteiger partial charge in [-0.3, -0.25) is 24.5 Å². The van der Waals surface area contributed by atoms with Crippen molar-refractivity contribution in [1.29, 1.82) is 0 Å². The third-order valence-corrected chi connectivity index (χ3v) is 6.01. The van der Waals surface area contributed by atoms with Crippen molar-refractivity contribution in [2.75, 3.05) is 19.8 Å². The van der Waals surface area contributed by atoms with Crippen LogP contribution in [0.3, 0.4) is 0 Å². The molecular formula is C24H32N4O7. The number of unbranched alkanes of at least 4 members (excludes halogenated alkanes) is 5. The molecule has 0 bridgehead atoms. The summed E-state index contributed by atoms with van der Waals surface area (Å²) >= 11 is 0. The number of nitrogens with zero attached hydrogens (tertiary/aromatic N) is 1. The van der Waals surface area contributed by atoms with Crippen LogP contribution in [0.4, 0.5) is 4.79 Å². The molecule has 11 heteroatoms. The molecule has 0 radical (unpaired) electrons. The van der Waals surface area contributed by atoms with Crippen molar-refractivity contribution >= 4 is 29.7 Å². The van der Waals surface area contributed by atoms with Gasteiger partial charge in [0.2, 0.25) is 11.8 Å². The average molecular weight is 489 g/mol. The van der Waals surface area contributed by atoms with Crippen LogP contribution < -0.4 is 21.1 Å². The molecule has 35 heavy (non-hydrogen) atoms. The molecule has 1 atom stereocenters.